The molecule has 0 fully saturated rings. The lowest BCUT2D eigenvalue weighted by Gasteiger charge is -2.33. The third kappa shape index (κ3) is 3.41. The summed E-state index contributed by atoms with van der Waals surface area (Å²) in [7, 11) is -0.418. The van der Waals surface area contributed by atoms with Crippen molar-refractivity contribution in [3.8, 4) is 22.5 Å². The summed E-state index contributed by atoms with van der Waals surface area (Å²) in [4.78, 5) is 9.00. The maximum Gasteiger partial charge on any atom is 0.239 e. The molecule has 0 saturated heterocycles. The Bertz CT molecular complexity index is 1520. The van der Waals surface area contributed by atoms with E-state index in [9.17, 15) is 8.42 Å². The first kappa shape index (κ1) is 21.6. The van der Waals surface area contributed by atoms with Gasteiger partial charge in [0.1, 0.15) is 17.2 Å². The molecular formula is C23H22FN5O2S2. The number of guanidine groups is 1. The highest BCUT2D eigenvalue weighted by atomic mass is 32.2. The topological polar surface area (TPSA) is 93.6 Å². The van der Waals surface area contributed by atoms with Crippen LogP contribution in [0.3, 0.4) is 0 Å². The van der Waals surface area contributed by atoms with Crippen molar-refractivity contribution in [2.45, 2.75) is 12.5 Å². The van der Waals surface area contributed by atoms with Crippen LogP contribution >= 0.6 is 11.3 Å². The fourth-order valence-electron chi connectivity index (χ4n) is 4.17. The highest BCUT2D eigenvalue weighted by Crippen LogP contribution is 2.44. The maximum absolute atomic E-state index is 15.6. The molecule has 0 spiro atoms. The summed E-state index contributed by atoms with van der Waals surface area (Å²) in [6, 6.07) is 13.4. The van der Waals surface area contributed by atoms with Crippen LogP contribution < -0.4 is 5.73 Å². The number of rotatable bonds is 3. The van der Waals surface area contributed by atoms with Gasteiger partial charge in [0.15, 0.2) is 0 Å². The molecule has 0 bridgehead atoms. The third-order valence-corrected chi connectivity index (χ3v) is 9.40. The van der Waals surface area contributed by atoms with Crippen molar-refractivity contribution in [3.63, 3.8) is 0 Å². The van der Waals surface area contributed by atoms with E-state index in [4.69, 9.17) is 5.73 Å². The number of imidazole rings is 1. The Morgan fingerprint density at radius 3 is 2.45 bits per heavy atom. The predicted molar refractivity (Wildman–Crippen MR) is 130 cm³/mol. The Labute approximate surface area is 195 Å². The van der Waals surface area contributed by atoms with Gasteiger partial charge in [0.25, 0.3) is 0 Å². The van der Waals surface area contributed by atoms with Crippen LogP contribution in [-0.4, -0.2) is 41.0 Å². The number of aromatic nitrogens is 2. The standard InChI is InChI=1S/C23H22FN5O2S2/c1-23(13-33(30,31)29(3)22(25)27-23)20-18(24)17-6-4-5-16(19(17)32-20)14-7-9-15(10-8-14)21-26-11-12-28(21)2/h4-12H,13H2,1-3H3,(H2,25,27)/t23-/m0/s1. The molecule has 2 aromatic carbocycles. The van der Waals surface area contributed by atoms with Gasteiger partial charge in [-0.3, -0.25) is 0 Å². The summed E-state index contributed by atoms with van der Waals surface area (Å²) >= 11 is 1.22. The van der Waals surface area contributed by atoms with E-state index >= 15 is 4.39 Å². The molecule has 2 aromatic heterocycles. The van der Waals surface area contributed by atoms with Gasteiger partial charge >= 0.3 is 0 Å². The van der Waals surface area contributed by atoms with Gasteiger partial charge in [0, 0.05) is 42.1 Å². The maximum atomic E-state index is 15.6. The summed E-state index contributed by atoms with van der Waals surface area (Å²) in [5, 5.41) is 0.437. The van der Waals surface area contributed by atoms with Crippen molar-refractivity contribution in [1.29, 1.82) is 0 Å². The van der Waals surface area contributed by atoms with E-state index in [2.05, 4.69) is 9.98 Å². The van der Waals surface area contributed by atoms with Crippen LogP contribution in [0.5, 0.6) is 0 Å². The molecule has 1 aliphatic rings. The molecule has 0 aliphatic carbocycles. The first-order valence-electron chi connectivity index (χ1n) is 10.2. The minimum atomic E-state index is -3.70. The fraction of sp³-hybridized carbons (Fsp3) is 0.217. The van der Waals surface area contributed by atoms with Crippen LogP contribution in [-0.2, 0) is 22.6 Å². The SMILES string of the molecule is CN1C(N)=N[C@](C)(c2sc3c(-c4ccc(-c5nccn5C)cc4)cccc3c2F)CS1(=O)=O. The Morgan fingerprint density at radius 1 is 1.12 bits per heavy atom. The van der Waals surface area contributed by atoms with Crippen LogP contribution in [0.1, 0.15) is 11.8 Å². The summed E-state index contributed by atoms with van der Waals surface area (Å²) < 4.78 is 44.4. The second kappa shape index (κ2) is 7.39. The van der Waals surface area contributed by atoms with Crippen LogP contribution in [0, 0.1) is 5.82 Å². The Morgan fingerprint density at radius 2 is 1.82 bits per heavy atom. The van der Waals surface area contributed by atoms with Crippen molar-refractivity contribution in [2.75, 3.05) is 12.8 Å². The molecule has 2 N–H and O–H groups in total. The van der Waals surface area contributed by atoms with Gasteiger partial charge in [0.05, 0.1) is 10.6 Å². The zero-order valence-electron chi connectivity index (χ0n) is 18.3. The molecule has 0 radical (unpaired) electrons. The number of nitrogens with two attached hydrogens (primary N) is 1. The van der Waals surface area contributed by atoms with Crippen molar-refractivity contribution in [3.05, 3.63) is 65.6 Å². The van der Waals surface area contributed by atoms with Gasteiger partial charge in [-0.25, -0.2) is 27.1 Å². The zero-order valence-corrected chi connectivity index (χ0v) is 19.9. The number of halogens is 1. The molecule has 4 aromatic rings. The van der Waals surface area contributed by atoms with Gasteiger partial charge in [-0.15, -0.1) is 11.3 Å². The smallest absolute Gasteiger partial charge is 0.239 e. The second-order valence-corrected chi connectivity index (χ2v) is 11.4. The number of hydrogen-bond donors (Lipinski definition) is 1. The van der Waals surface area contributed by atoms with E-state index in [0.29, 0.717) is 5.39 Å². The van der Waals surface area contributed by atoms with Gasteiger partial charge in [-0.05, 0) is 18.1 Å². The largest absolute Gasteiger partial charge is 0.369 e. The number of hydrogen-bond acceptors (Lipinski definition) is 6. The highest BCUT2D eigenvalue weighted by molar-refractivity contribution is 7.89. The lowest BCUT2D eigenvalue weighted by molar-refractivity contribution is 0.467. The predicted octanol–water partition coefficient (Wildman–Crippen LogP) is 3.91. The van der Waals surface area contributed by atoms with E-state index in [1.54, 1.807) is 25.3 Å². The van der Waals surface area contributed by atoms with E-state index in [-0.39, 0.29) is 16.6 Å². The molecule has 1 atom stereocenters. The first-order valence-corrected chi connectivity index (χ1v) is 12.6. The van der Waals surface area contributed by atoms with Gasteiger partial charge in [0.2, 0.25) is 16.0 Å². The number of aliphatic imine (C=N–C) groups is 1. The molecule has 7 nitrogen and oxygen atoms in total. The monoisotopic (exact) mass is 483 g/mol. The highest BCUT2D eigenvalue weighted by Gasteiger charge is 2.43. The summed E-state index contributed by atoms with van der Waals surface area (Å²) in [5.41, 5.74) is 7.34. The average molecular weight is 484 g/mol. The minimum Gasteiger partial charge on any atom is -0.369 e. The van der Waals surface area contributed by atoms with Gasteiger partial charge in [-0.1, -0.05) is 42.5 Å². The zero-order chi connectivity index (χ0) is 23.5. The van der Waals surface area contributed by atoms with Crippen molar-refractivity contribution in [1.82, 2.24) is 13.9 Å². The van der Waals surface area contributed by atoms with E-state index in [0.717, 1.165) is 31.5 Å². The fourth-order valence-corrected chi connectivity index (χ4v) is 7.01. The van der Waals surface area contributed by atoms with E-state index in [1.807, 2.05) is 48.1 Å². The second-order valence-electron chi connectivity index (χ2n) is 8.33. The molecule has 10 heteroatoms. The van der Waals surface area contributed by atoms with E-state index < -0.39 is 21.4 Å². The van der Waals surface area contributed by atoms with Gasteiger partial charge < -0.3 is 10.3 Å². The molecule has 1 aliphatic heterocycles. The first-order chi connectivity index (χ1) is 15.6. The Kier molecular flexibility index (Phi) is 4.84. The minimum absolute atomic E-state index is 0.147. The average Bonchev–Trinajstić information content (AvgIpc) is 3.35. The summed E-state index contributed by atoms with van der Waals surface area (Å²) in [5.74, 6) is -0.101. The lowest BCUT2D eigenvalue weighted by atomic mass is 10.00. The van der Waals surface area contributed by atoms with Gasteiger partial charge in [-0.2, -0.15) is 0 Å². The Hall–Kier alpha value is -3.24. The molecule has 3 heterocycles. The number of benzene rings is 2. The summed E-state index contributed by atoms with van der Waals surface area (Å²) in [6.45, 7) is 1.61. The van der Waals surface area contributed by atoms with Crippen LogP contribution in [0.25, 0.3) is 32.6 Å². The molecule has 170 valence electrons. The number of fused-ring (bicyclic) bond motifs is 1. The molecule has 0 amide bonds. The molecule has 33 heavy (non-hydrogen) atoms. The number of thiophene rings is 1. The van der Waals surface area contributed by atoms with Crippen molar-refractivity contribution >= 4 is 37.4 Å². The summed E-state index contributed by atoms with van der Waals surface area (Å²) in [6.07, 6.45) is 3.64. The molecule has 0 saturated carbocycles. The van der Waals surface area contributed by atoms with Crippen LogP contribution in [0.4, 0.5) is 4.39 Å². The third-order valence-electron chi connectivity index (χ3n) is 5.98. The molecular weight excluding hydrogens is 461 g/mol. The van der Waals surface area contributed by atoms with Crippen LogP contribution in [0.15, 0.2) is 59.9 Å². The lowest BCUT2D eigenvalue weighted by Crippen LogP contribution is -2.50. The number of aryl methyl sites for hydroxylation is 1. The van der Waals surface area contributed by atoms with Crippen molar-refractivity contribution < 1.29 is 12.8 Å². The molecule has 5 rings (SSSR count). The number of nitrogens with zero attached hydrogens (tertiary/aromatic N) is 4. The van der Waals surface area contributed by atoms with Crippen molar-refractivity contribution in [2.24, 2.45) is 17.8 Å². The quantitative estimate of drug-likeness (QED) is 0.478. The van der Waals surface area contributed by atoms with E-state index in [1.165, 1.54) is 18.4 Å². The Balaban J connectivity index is 1.63. The number of sulfonamides is 1. The van der Waals surface area contributed by atoms with Crippen LogP contribution in [0.2, 0.25) is 0 Å². The normalized spacial score (nSPS) is 20.2. The molecule has 0 unspecified atom stereocenters.